The zero-order chi connectivity index (χ0) is 16.2. The number of rotatable bonds is 6. The topological polar surface area (TPSA) is 102 Å². The number of halogens is 1. The van der Waals surface area contributed by atoms with Crippen molar-refractivity contribution in [2.75, 3.05) is 12.5 Å². The highest BCUT2D eigenvalue weighted by Crippen LogP contribution is 2.27. The average Bonchev–Trinajstić information content (AvgIpc) is 2.45. The minimum atomic E-state index is -0.884. The number of nitro groups is 1. The largest absolute Gasteiger partial charge is 0.339 e. The summed E-state index contributed by atoms with van der Waals surface area (Å²) in [7, 11) is 1.56. The summed E-state index contributed by atoms with van der Waals surface area (Å²) in [5.41, 5.74) is 1.14. The number of nitrogens with two attached hydrogens (primary N) is 1. The lowest BCUT2D eigenvalue weighted by atomic mass is 10.1. The lowest BCUT2D eigenvalue weighted by Crippen LogP contribution is -2.35. The van der Waals surface area contributed by atoms with Crippen molar-refractivity contribution in [2.24, 2.45) is 5.84 Å². The molecule has 0 radical (unpaired) electrons. The van der Waals surface area contributed by atoms with E-state index in [2.05, 4.69) is 5.43 Å². The van der Waals surface area contributed by atoms with Gasteiger partial charge in [-0.15, -0.1) is 0 Å². The van der Waals surface area contributed by atoms with E-state index in [-0.39, 0.29) is 17.3 Å². The highest BCUT2D eigenvalue weighted by atomic mass is 19.1. The standard InChI is InChI=1S/C13H19FN4O3/c1-4-5-8(2)17(3)13(19)9-6-11(16-15)10(14)7-12(9)18(20)21/h6-8,16H,4-5,15H2,1-3H3. The van der Waals surface area contributed by atoms with Gasteiger partial charge in [0.25, 0.3) is 11.6 Å². The number of nitrogens with one attached hydrogen (secondary N) is 1. The van der Waals surface area contributed by atoms with Crippen LogP contribution in [0, 0.1) is 15.9 Å². The quantitative estimate of drug-likeness (QED) is 0.476. The molecule has 1 aromatic carbocycles. The first-order valence-electron chi connectivity index (χ1n) is 6.55. The molecule has 0 fully saturated rings. The fourth-order valence-electron chi connectivity index (χ4n) is 2.00. The summed E-state index contributed by atoms with van der Waals surface area (Å²) in [6.45, 7) is 3.82. The fraction of sp³-hybridized carbons (Fsp3) is 0.462. The Morgan fingerprint density at radius 2 is 2.19 bits per heavy atom. The number of hydrogen-bond acceptors (Lipinski definition) is 5. The summed E-state index contributed by atoms with van der Waals surface area (Å²) in [5.74, 6) is 3.72. The highest BCUT2D eigenvalue weighted by Gasteiger charge is 2.27. The summed E-state index contributed by atoms with van der Waals surface area (Å²) in [4.78, 5) is 24.0. The van der Waals surface area contributed by atoms with Gasteiger partial charge in [0.15, 0.2) is 5.82 Å². The minimum Gasteiger partial charge on any atom is -0.339 e. The molecule has 0 saturated carbocycles. The van der Waals surface area contributed by atoms with Crippen molar-refractivity contribution >= 4 is 17.3 Å². The second kappa shape index (κ2) is 6.98. The van der Waals surface area contributed by atoms with Gasteiger partial charge in [-0.05, 0) is 19.4 Å². The van der Waals surface area contributed by atoms with E-state index >= 15 is 0 Å². The van der Waals surface area contributed by atoms with Crippen LogP contribution in [0.4, 0.5) is 15.8 Å². The molecule has 0 spiro atoms. The first kappa shape index (κ1) is 16.8. The number of nitrogen functional groups attached to an aromatic ring is 1. The van der Waals surface area contributed by atoms with E-state index < -0.39 is 22.3 Å². The predicted octanol–water partition coefficient (Wildman–Crippen LogP) is 2.28. The van der Waals surface area contributed by atoms with Gasteiger partial charge in [0.2, 0.25) is 0 Å². The van der Waals surface area contributed by atoms with Gasteiger partial charge in [-0.25, -0.2) is 4.39 Å². The Bertz CT molecular complexity index is 550. The van der Waals surface area contributed by atoms with Crippen LogP contribution in [-0.2, 0) is 0 Å². The zero-order valence-corrected chi connectivity index (χ0v) is 12.2. The van der Waals surface area contributed by atoms with Gasteiger partial charge < -0.3 is 10.3 Å². The summed E-state index contributed by atoms with van der Waals surface area (Å²) in [6, 6.07) is 1.67. The van der Waals surface area contributed by atoms with Crippen molar-refractivity contribution in [1.29, 1.82) is 0 Å². The molecule has 0 aliphatic heterocycles. The molecule has 8 heteroatoms. The van der Waals surface area contributed by atoms with Crippen LogP contribution >= 0.6 is 0 Å². The number of carbonyl (C=O) groups excluding carboxylic acids is 1. The molecule has 7 nitrogen and oxygen atoms in total. The first-order chi connectivity index (χ1) is 9.83. The van der Waals surface area contributed by atoms with Crippen LogP contribution in [0.5, 0.6) is 0 Å². The number of nitrogens with zero attached hydrogens (tertiary/aromatic N) is 2. The van der Waals surface area contributed by atoms with Crippen molar-refractivity contribution < 1.29 is 14.1 Å². The number of hydrazine groups is 1. The molecule has 0 aromatic heterocycles. The second-order valence-electron chi connectivity index (χ2n) is 4.80. The molecule has 1 unspecified atom stereocenters. The van der Waals surface area contributed by atoms with Crippen LogP contribution < -0.4 is 11.3 Å². The molecule has 1 rings (SSSR count). The Hall–Kier alpha value is -2.22. The number of amides is 1. The van der Waals surface area contributed by atoms with Crippen LogP contribution in [0.1, 0.15) is 37.0 Å². The van der Waals surface area contributed by atoms with Gasteiger partial charge in [0, 0.05) is 13.1 Å². The zero-order valence-electron chi connectivity index (χ0n) is 12.2. The third-order valence-corrected chi connectivity index (χ3v) is 3.36. The molecule has 3 N–H and O–H groups in total. The maximum Gasteiger partial charge on any atom is 0.285 e. The maximum absolute atomic E-state index is 13.6. The molecule has 0 aliphatic rings. The van der Waals surface area contributed by atoms with E-state index in [1.54, 1.807) is 7.05 Å². The minimum absolute atomic E-state index is 0.0820. The molecule has 0 saturated heterocycles. The van der Waals surface area contributed by atoms with Crippen molar-refractivity contribution in [3.05, 3.63) is 33.6 Å². The normalized spacial score (nSPS) is 11.9. The van der Waals surface area contributed by atoms with E-state index in [0.717, 1.165) is 18.9 Å². The summed E-state index contributed by atoms with van der Waals surface area (Å²) < 4.78 is 13.6. The van der Waals surface area contributed by atoms with Gasteiger partial charge in [-0.3, -0.25) is 20.8 Å². The van der Waals surface area contributed by atoms with E-state index in [1.807, 2.05) is 13.8 Å². The number of carbonyl (C=O) groups is 1. The number of anilines is 1. The molecule has 21 heavy (non-hydrogen) atoms. The van der Waals surface area contributed by atoms with Crippen LogP contribution in [-0.4, -0.2) is 28.8 Å². The van der Waals surface area contributed by atoms with E-state index in [9.17, 15) is 19.3 Å². The predicted molar refractivity (Wildman–Crippen MR) is 77.3 cm³/mol. The number of hydrogen-bond donors (Lipinski definition) is 2. The van der Waals surface area contributed by atoms with E-state index in [4.69, 9.17) is 5.84 Å². The average molecular weight is 298 g/mol. The summed E-state index contributed by atoms with van der Waals surface area (Å²) >= 11 is 0. The van der Waals surface area contributed by atoms with Crippen LogP contribution in [0.3, 0.4) is 0 Å². The first-order valence-corrected chi connectivity index (χ1v) is 6.55. The molecule has 116 valence electrons. The van der Waals surface area contributed by atoms with Crippen LogP contribution in [0.25, 0.3) is 0 Å². The number of benzene rings is 1. The third-order valence-electron chi connectivity index (χ3n) is 3.36. The van der Waals surface area contributed by atoms with Crippen LogP contribution in [0.15, 0.2) is 12.1 Å². The van der Waals surface area contributed by atoms with Gasteiger partial charge >= 0.3 is 0 Å². The summed E-state index contributed by atoms with van der Waals surface area (Å²) in [5, 5.41) is 11.0. The maximum atomic E-state index is 13.6. The molecular weight excluding hydrogens is 279 g/mol. The Labute approximate surface area is 122 Å². The van der Waals surface area contributed by atoms with Crippen molar-refractivity contribution in [3.63, 3.8) is 0 Å². The molecule has 1 amide bonds. The molecular formula is C13H19FN4O3. The van der Waals surface area contributed by atoms with Gasteiger partial charge in [-0.1, -0.05) is 13.3 Å². The molecule has 0 aliphatic carbocycles. The van der Waals surface area contributed by atoms with Gasteiger partial charge in [0.05, 0.1) is 16.7 Å². The Balaban J connectivity index is 3.26. The SMILES string of the molecule is CCCC(C)N(C)C(=O)c1cc(NN)c(F)cc1[N+](=O)[O-]. The molecule has 0 bridgehead atoms. The van der Waals surface area contributed by atoms with E-state index in [0.29, 0.717) is 6.07 Å². The fourth-order valence-corrected chi connectivity index (χ4v) is 2.00. The Kier molecular flexibility index (Phi) is 5.60. The van der Waals surface area contributed by atoms with Gasteiger partial charge in [-0.2, -0.15) is 0 Å². The lowest BCUT2D eigenvalue weighted by molar-refractivity contribution is -0.385. The van der Waals surface area contributed by atoms with Crippen molar-refractivity contribution in [1.82, 2.24) is 4.90 Å². The third kappa shape index (κ3) is 3.66. The van der Waals surface area contributed by atoms with E-state index in [1.165, 1.54) is 4.90 Å². The smallest absolute Gasteiger partial charge is 0.285 e. The molecule has 1 aromatic rings. The summed E-state index contributed by atoms with van der Waals surface area (Å²) in [6.07, 6.45) is 1.64. The van der Waals surface area contributed by atoms with Gasteiger partial charge in [0.1, 0.15) is 5.56 Å². The number of nitro benzene ring substituents is 1. The van der Waals surface area contributed by atoms with Crippen LogP contribution in [0.2, 0.25) is 0 Å². The Morgan fingerprint density at radius 3 is 2.67 bits per heavy atom. The highest BCUT2D eigenvalue weighted by molar-refractivity contribution is 5.99. The lowest BCUT2D eigenvalue weighted by Gasteiger charge is -2.24. The molecule has 1 atom stereocenters. The van der Waals surface area contributed by atoms with Crippen molar-refractivity contribution in [3.8, 4) is 0 Å². The molecule has 0 heterocycles. The van der Waals surface area contributed by atoms with Crippen molar-refractivity contribution in [2.45, 2.75) is 32.7 Å². The second-order valence-corrected chi connectivity index (χ2v) is 4.80. The monoisotopic (exact) mass is 298 g/mol. The Morgan fingerprint density at radius 1 is 1.57 bits per heavy atom.